The first-order valence-electron chi connectivity index (χ1n) is 9.13. The van der Waals surface area contributed by atoms with Crippen LogP contribution in [0.5, 0.6) is 0 Å². The van der Waals surface area contributed by atoms with Crippen LogP contribution in [0.1, 0.15) is 53.4 Å². The Hall–Kier alpha value is -0.240. The Morgan fingerprint density at radius 1 is 0.750 bits per heavy atom. The summed E-state index contributed by atoms with van der Waals surface area (Å²) in [6, 6.07) is 0. The van der Waals surface area contributed by atoms with E-state index < -0.39 is 11.9 Å². The predicted molar refractivity (Wildman–Crippen MR) is 94.2 cm³/mol. The summed E-state index contributed by atoms with van der Waals surface area (Å²) in [5.74, 6) is -1.33. The molecule has 4 atom stereocenters. The second-order valence-electron chi connectivity index (χ2n) is 5.83. The van der Waals surface area contributed by atoms with Crippen molar-refractivity contribution in [2.75, 3.05) is 40.6 Å². The van der Waals surface area contributed by atoms with E-state index >= 15 is 0 Å². The van der Waals surface area contributed by atoms with Crippen LogP contribution in [0.3, 0.4) is 0 Å². The van der Waals surface area contributed by atoms with E-state index in [-0.39, 0.29) is 12.2 Å². The van der Waals surface area contributed by atoms with Crippen LogP contribution in [-0.2, 0) is 23.7 Å². The molecule has 6 nitrogen and oxygen atoms in total. The maximum atomic E-state index is 11.0. The number of hydrogen-bond donors (Lipinski definition) is 1. The summed E-state index contributed by atoms with van der Waals surface area (Å²) in [7, 11) is 3.28. The van der Waals surface area contributed by atoms with Crippen molar-refractivity contribution in [3.8, 4) is 0 Å². The Morgan fingerprint density at radius 2 is 1.29 bits per heavy atom. The van der Waals surface area contributed by atoms with E-state index in [4.69, 9.17) is 23.7 Å². The number of rotatable bonds is 16. The number of hydrogen-bond acceptors (Lipinski definition) is 6. The minimum Gasteiger partial charge on any atom is -0.382 e. The van der Waals surface area contributed by atoms with Gasteiger partial charge in [0.05, 0.1) is 38.6 Å². The van der Waals surface area contributed by atoms with Crippen LogP contribution in [0.4, 0.5) is 0 Å². The van der Waals surface area contributed by atoms with E-state index in [0.717, 1.165) is 12.8 Å². The van der Waals surface area contributed by atoms with Gasteiger partial charge in [-0.2, -0.15) is 0 Å². The van der Waals surface area contributed by atoms with Crippen LogP contribution >= 0.6 is 0 Å². The Labute approximate surface area is 147 Å². The number of aliphatic hydroxyl groups is 1. The quantitative estimate of drug-likeness (QED) is 0.341. The van der Waals surface area contributed by atoms with Gasteiger partial charge in [0.1, 0.15) is 6.10 Å². The monoisotopic (exact) mass is 350 g/mol. The molecule has 4 unspecified atom stereocenters. The molecule has 6 heteroatoms. The fourth-order valence-corrected chi connectivity index (χ4v) is 2.68. The highest BCUT2D eigenvalue weighted by Crippen LogP contribution is 2.27. The van der Waals surface area contributed by atoms with Crippen LogP contribution in [0.2, 0.25) is 0 Å². The highest BCUT2D eigenvalue weighted by molar-refractivity contribution is 4.81. The van der Waals surface area contributed by atoms with Gasteiger partial charge in [0.2, 0.25) is 0 Å². The van der Waals surface area contributed by atoms with Gasteiger partial charge >= 0.3 is 0 Å². The second-order valence-corrected chi connectivity index (χ2v) is 5.83. The van der Waals surface area contributed by atoms with Gasteiger partial charge in [0.15, 0.2) is 5.79 Å². The van der Waals surface area contributed by atoms with Crippen LogP contribution in [-0.4, -0.2) is 69.9 Å². The van der Waals surface area contributed by atoms with Crippen molar-refractivity contribution in [2.45, 2.75) is 77.5 Å². The smallest absolute Gasteiger partial charge is 0.192 e. The molecule has 0 aliphatic heterocycles. The van der Waals surface area contributed by atoms with E-state index in [1.165, 1.54) is 0 Å². The average molecular weight is 350 g/mol. The zero-order valence-electron chi connectivity index (χ0n) is 16.4. The lowest BCUT2D eigenvalue weighted by atomic mass is 10.0. The first-order valence-corrected chi connectivity index (χ1v) is 9.13. The zero-order chi connectivity index (χ0) is 18.4. The van der Waals surface area contributed by atoms with Gasteiger partial charge < -0.3 is 28.8 Å². The molecule has 0 aliphatic carbocycles. The Morgan fingerprint density at radius 3 is 1.71 bits per heavy atom. The molecule has 0 heterocycles. The maximum Gasteiger partial charge on any atom is 0.192 e. The van der Waals surface area contributed by atoms with Crippen molar-refractivity contribution >= 4 is 0 Å². The minimum absolute atomic E-state index is 0.0836. The van der Waals surface area contributed by atoms with Gasteiger partial charge in [0, 0.05) is 20.6 Å². The minimum atomic E-state index is -1.33. The summed E-state index contributed by atoms with van der Waals surface area (Å²) in [5.41, 5.74) is 0. The third-order valence-electron chi connectivity index (χ3n) is 4.18. The molecule has 0 saturated heterocycles. The molecule has 0 rings (SSSR count). The largest absolute Gasteiger partial charge is 0.382 e. The molecule has 0 aliphatic rings. The average Bonchev–Trinajstić information content (AvgIpc) is 2.60. The second kappa shape index (κ2) is 14.0. The molecular weight excluding hydrogens is 312 g/mol. The third-order valence-corrected chi connectivity index (χ3v) is 4.18. The lowest BCUT2D eigenvalue weighted by Crippen LogP contribution is -2.50. The normalized spacial score (nSPS) is 18.1. The lowest BCUT2D eigenvalue weighted by Gasteiger charge is -2.39. The van der Waals surface area contributed by atoms with Gasteiger partial charge in [-0.05, 0) is 19.3 Å². The van der Waals surface area contributed by atoms with E-state index in [9.17, 15) is 5.11 Å². The Kier molecular flexibility index (Phi) is 13.8. The Bertz CT molecular complexity index is 289. The Balaban J connectivity index is 4.89. The topological polar surface area (TPSA) is 66.4 Å². The van der Waals surface area contributed by atoms with Gasteiger partial charge in [-0.15, -0.1) is 0 Å². The standard InChI is InChI=1S/C18H38O6/c1-7-15(22-13-11-20-5)16(8-2)24-18(19,10-4)17(9-3)23-14-12-21-6/h15-17,19H,7-14H2,1-6H3. The fourth-order valence-electron chi connectivity index (χ4n) is 2.68. The van der Waals surface area contributed by atoms with Crippen molar-refractivity contribution in [3.63, 3.8) is 0 Å². The van der Waals surface area contributed by atoms with Crippen molar-refractivity contribution < 1.29 is 28.8 Å². The molecule has 0 amide bonds. The molecular formula is C18H38O6. The number of ether oxygens (including phenoxy) is 5. The zero-order valence-corrected chi connectivity index (χ0v) is 16.4. The van der Waals surface area contributed by atoms with Crippen molar-refractivity contribution in [3.05, 3.63) is 0 Å². The summed E-state index contributed by atoms with van der Waals surface area (Å²) in [6.07, 6.45) is 1.99. The highest BCUT2D eigenvalue weighted by atomic mass is 16.7. The van der Waals surface area contributed by atoms with Crippen molar-refractivity contribution in [2.24, 2.45) is 0 Å². The summed E-state index contributed by atoms with van der Waals surface area (Å²) >= 11 is 0. The summed E-state index contributed by atoms with van der Waals surface area (Å²) < 4.78 is 27.8. The molecule has 146 valence electrons. The molecule has 1 N–H and O–H groups in total. The SMILES string of the molecule is CCC(OCCOC)C(CC)OC(O)(CC)C(CC)OCCOC. The van der Waals surface area contributed by atoms with E-state index in [1.807, 2.05) is 20.8 Å². The van der Waals surface area contributed by atoms with Gasteiger partial charge in [-0.1, -0.05) is 27.7 Å². The van der Waals surface area contributed by atoms with Gasteiger partial charge in [0.25, 0.3) is 0 Å². The molecule has 0 radical (unpaired) electrons. The summed E-state index contributed by atoms with van der Waals surface area (Å²) in [6.45, 7) is 9.96. The molecule has 0 fully saturated rings. The third kappa shape index (κ3) is 8.23. The van der Waals surface area contributed by atoms with Gasteiger partial charge in [-0.25, -0.2) is 0 Å². The fraction of sp³-hybridized carbons (Fsp3) is 1.00. The maximum absolute atomic E-state index is 11.0. The summed E-state index contributed by atoms with van der Waals surface area (Å²) in [5, 5.41) is 11.0. The number of methoxy groups -OCH3 is 2. The molecule has 0 spiro atoms. The van der Waals surface area contributed by atoms with Crippen LogP contribution in [0.25, 0.3) is 0 Å². The van der Waals surface area contributed by atoms with E-state index in [0.29, 0.717) is 39.3 Å². The molecule has 0 aromatic heterocycles. The molecule has 0 bridgehead atoms. The van der Waals surface area contributed by atoms with Crippen LogP contribution < -0.4 is 0 Å². The van der Waals surface area contributed by atoms with Gasteiger partial charge in [-0.3, -0.25) is 0 Å². The first kappa shape index (κ1) is 23.8. The van der Waals surface area contributed by atoms with Crippen LogP contribution in [0.15, 0.2) is 0 Å². The predicted octanol–water partition coefficient (Wildman–Crippen LogP) is 2.76. The first-order chi connectivity index (χ1) is 11.5. The van der Waals surface area contributed by atoms with Crippen molar-refractivity contribution in [1.29, 1.82) is 0 Å². The summed E-state index contributed by atoms with van der Waals surface area (Å²) in [4.78, 5) is 0. The molecule has 24 heavy (non-hydrogen) atoms. The van der Waals surface area contributed by atoms with E-state index in [2.05, 4.69) is 6.92 Å². The van der Waals surface area contributed by atoms with Crippen LogP contribution in [0, 0.1) is 0 Å². The molecule has 0 aromatic carbocycles. The lowest BCUT2D eigenvalue weighted by molar-refractivity contribution is -0.302. The molecule has 0 aromatic rings. The van der Waals surface area contributed by atoms with Crippen molar-refractivity contribution in [1.82, 2.24) is 0 Å². The molecule has 0 saturated carbocycles. The van der Waals surface area contributed by atoms with E-state index in [1.54, 1.807) is 14.2 Å². The highest BCUT2D eigenvalue weighted by Gasteiger charge is 2.39.